The molecule has 0 amide bonds. The molecule has 0 aromatic carbocycles. The second kappa shape index (κ2) is 4.03. The van der Waals surface area contributed by atoms with E-state index in [1.165, 1.54) is 25.7 Å². The standard InChI is InChI=1S/C11H19N3/c1-9-2-4-10(5-3-9)8-14-11(12)6-7-13-14/h6-7,9-10H,2-5,8,12H2,1H3. The van der Waals surface area contributed by atoms with Crippen molar-refractivity contribution in [2.45, 2.75) is 39.2 Å². The molecule has 1 aliphatic rings. The number of rotatable bonds is 2. The van der Waals surface area contributed by atoms with Crippen molar-refractivity contribution in [3.63, 3.8) is 0 Å². The first-order valence-corrected chi connectivity index (χ1v) is 5.53. The van der Waals surface area contributed by atoms with Crippen LogP contribution in [-0.4, -0.2) is 9.78 Å². The van der Waals surface area contributed by atoms with Crippen molar-refractivity contribution < 1.29 is 0 Å². The van der Waals surface area contributed by atoms with E-state index in [9.17, 15) is 0 Å². The van der Waals surface area contributed by atoms with Crippen molar-refractivity contribution in [3.8, 4) is 0 Å². The maximum atomic E-state index is 5.79. The smallest absolute Gasteiger partial charge is 0.121 e. The molecule has 78 valence electrons. The zero-order valence-electron chi connectivity index (χ0n) is 8.82. The Bertz CT molecular complexity index is 284. The van der Waals surface area contributed by atoms with Gasteiger partial charge in [0.15, 0.2) is 0 Å². The van der Waals surface area contributed by atoms with Gasteiger partial charge in [-0.1, -0.05) is 19.8 Å². The summed E-state index contributed by atoms with van der Waals surface area (Å²) in [6.45, 7) is 3.35. The van der Waals surface area contributed by atoms with E-state index in [1.54, 1.807) is 6.20 Å². The van der Waals surface area contributed by atoms with Crippen LogP contribution in [0.4, 0.5) is 5.82 Å². The van der Waals surface area contributed by atoms with Crippen molar-refractivity contribution in [1.29, 1.82) is 0 Å². The van der Waals surface area contributed by atoms with Crippen molar-refractivity contribution in [2.75, 3.05) is 5.73 Å². The molecule has 1 aromatic rings. The van der Waals surface area contributed by atoms with E-state index in [2.05, 4.69) is 12.0 Å². The zero-order chi connectivity index (χ0) is 9.97. The van der Waals surface area contributed by atoms with E-state index >= 15 is 0 Å². The molecule has 2 N–H and O–H groups in total. The third-order valence-electron chi connectivity index (χ3n) is 3.32. The SMILES string of the molecule is CC1CCC(Cn2nccc2N)CC1. The van der Waals surface area contributed by atoms with Crippen LogP contribution in [-0.2, 0) is 6.54 Å². The summed E-state index contributed by atoms with van der Waals surface area (Å²) in [7, 11) is 0. The molecule has 0 unspecified atom stereocenters. The second-order valence-corrected chi connectivity index (χ2v) is 4.56. The van der Waals surface area contributed by atoms with Crippen molar-refractivity contribution in [2.24, 2.45) is 11.8 Å². The van der Waals surface area contributed by atoms with Gasteiger partial charge in [-0.25, -0.2) is 4.68 Å². The van der Waals surface area contributed by atoms with Crippen LogP contribution in [0.1, 0.15) is 32.6 Å². The maximum Gasteiger partial charge on any atom is 0.121 e. The number of hydrogen-bond donors (Lipinski definition) is 1. The molecular formula is C11H19N3. The molecule has 3 heteroatoms. The average molecular weight is 193 g/mol. The molecule has 0 spiro atoms. The number of nitrogen functional groups attached to an aromatic ring is 1. The lowest BCUT2D eigenvalue weighted by atomic mass is 9.83. The Morgan fingerprint density at radius 1 is 1.43 bits per heavy atom. The van der Waals surface area contributed by atoms with E-state index in [0.717, 1.165) is 24.2 Å². The van der Waals surface area contributed by atoms with Crippen LogP contribution in [0.5, 0.6) is 0 Å². The lowest BCUT2D eigenvalue weighted by Crippen LogP contribution is -2.19. The molecule has 1 aromatic heterocycles. The van der Waals surface area contributed by atoms with E-state index in [-0.39, 0.29) is 0 Å². The molecule has 1 aliphatic carbocycles. The van der Waals surface area contributed by atoms with Crippen molar-refractivity contribution >= 4 is 5.82 Å². The Hall–Kier alpha value is -0.990. The van der Waals surface area contributed by atoms with Gasteiger partial charge in [0, 0.05) is 6.54 Å². The van der Waals surface area contributed by atoms with E-state index in [0.29, 0.717) is 0 Å². The van der Waals surface area contributed by atoms with Gasteiger partial charge in [0.05, 0.1) is 6.20 Å². The number of hydrogen-bond acceptors (Lipinski definition) is 2. The predicted molar refractivity (Wildman–Crippen MR) is 57.8 cm³/mol. The summed E-state index contributed by atoms with van der Waals surface area (Å²) in [5.74, 6) is 2.50. The Labute approximate surface area is 85.3 Å². The lowest BCUT2D eigenvalue weighted by molar-refractivity contribution is 0.259. The van der Waals surface area contributed by atoms with Crippen LogP contribution >= 0.6 is 0 Å². The Morgan fingerprint density at radius 3 is 2.71 bits per heavy atom. The maximum absolute atomic E-state index is 5.79. The van der Waals surface area contributed by atoms with Gasteiger partial charge < -0.3 is 5.73 Å². The van der Waals surface area contributed by atoms with E-state index in [1.807, 2.05) is 10.7 Å². The Morgan fingerprint density at radius 2 is 2.14 bits per heavy atom. The van der Waals surface area contributed by atoms with Crippen LogP contribution in [0.25, 0.3) is 0 Å². The molecule has 14 heavy (non-hydrogen) atoms. The van der Waals surface area contributed by atoms with Crippen LogP contribution < -0.4 is 5.73 Å². The highest BCUT2D eigenvalue weighted by Gasteiger charge is 2.19. The minimum atomic E-state index is 0.786. The monoisotopic (exact) mass is 193 g/mol. The van der Waals surface area contributed by atoms with Crippen molar-refractivity contribution in [3.05, 3.63) is 12.3 Å². The molecule has 1 saturated carbocycles. The second-order valence-electron chi connectivity index (χ2n) is 4.56. The summed E-state index contributed by atoms with van der Waals surface area (Å²) in [5.41, 5.74) is 5.79. The van der Waals surface area contributed by atoms with Crippen LogP contribution in [0.3, 0.4) is 0 Å². The third-order valence-corrected chi connectivity index (χ3v) is 3.32. The summed E-state index contributed by atoms with van der Waals surface area (Å²) < 4.78 is 1.93. The van der Waals surface area contributed by atoms with E-state index < -0.39 is 0 Å². The molecule has 1 heterocycles. The molecular weight excluding hydrogens is 174 g/mol. The summed E-state index contributed by atoms with van der Waals surface area (Å²) in [6.07, 6.45) is 7.18. The van der Waals surface area contributed by atoms with Crippen LogP contribution in [0, 0.1) is 11.8 Å². The number of anilines is 1. The zero-order valence-corrected chi connectivity index (χ0v) is 8.82. The van der Waals surface area contributed by atoms with Crippen LogP contribution in [0.15, 0.2) is 12.3 Å². The van der Waals surface area contributed by atoms with Gasteiger partial charge in [-0.2, -0.15) is 5.10 Å². The normalized spacial score (nSPS) is 27.8. The van der Waals surface area contributed by atoms with Crippen molar-refractivity contribution in [1.82, 2.24) is 9.78 Å². The predicted octanol–water partition coefficient (Wildman–Crippen LogP) is 2.29. The lowest BCUT2D eigenvalue weighted by Gasteiger charge is -2.26. The highest BCUT2D eigenvalue weighted by atomic mass is 15.3. The highest BCUT2D eigenvalue weighted by molar-refractivity contribution is 5.25. The minimum absolute atomic E-state index is 0.786. The minimum Gasteiger partial charge on any atom is -0.384 e. The highest BCUT2D eigenvalue weighted by Crippen LogP contribution is 2.29. The summed E-state index contributed by atoms with van der Waals surface area (Å²) in [4.78, 5) is 0. The first-order chi connectivity index (χ1) is 6.75. The van der Waals surface area contributed by atoms with Gasteiger partial charge in [-0.3, -0.25) is 0 Å². The molecule has 2 rings (SSSR count). The quantitative estimate of drug-likeness (QED) is 0.783. The topological polar surface area (TPSA) is 43.8 Å². The molecule has 0 saturated heterocycles. The molecule has 0 bridgehead atoms. The fraction of sp³-hybridized carbons (Fsp3) is 0.727. The van der Waals surface area contributed by atoms with Crippen LogP contribution in [0.2, 0.25) is 0 Å². The molecule has 0 atom stereocenters. The molecule has 1 fully saturated rings. The Kier molecular flexibility index (Phi) is 2.75. The molecule has 0 radical (unpaired) electrons. The van der Waals surface area contributed by atoms with Gasteiger partial charge >= 0.3 is 0 Å². The van der Waals surface area contributed by atoms with E-state index in [4.69, 9.17) is 5.73 Å². The average Bonchev–Trinajstić information content (AvgIpc) is 2.56. The number of nitrogens with zero attached hydrogens (tertiary/aromatic N) is 2. The van der Waals surface area contributed by atoms with Gasteiger partial charge in [-0.05, 0) is 30.7 Å². The number of aromatic nitrogens is 2. The fourth-order valence-electron chi connectivity index (χ4n) is 2.25. The largest absolute Gasteiger partial charge is 0.384 e. The van der Waals surface area contributed by atoms with Gasteiger partial charge in [0.1, 0.15) is 5.82 Å². The number of nitrogens with two attached hydrogens (primary N) is 1. The first kappa shape index (κ1) is 9.56. The third kappa shape index (κ3) is 2.08. The molecule has 0 aliphatic heterocycles. The Balaban J connectivity index is 1.89. The summed E-state index contributed by atoms with van der Waals surface area (Å²) in [6, 6.07) is 1.87. The van der Waals surface area contributed by atoms with Gasteiger partial charge in [-0.15, -0.1) is 0 Å². The molecule has 3 nitrogen and oxygen atoms in total. The first-order valence-electron chi connectivity index (χ1n) is 5.53. The van der Waals surface area contributed by atoms with Gasteiger partial charge in [0.25, 0.3) is 0 Å². The summed E-state index contributed by atoms with van der Waals surface area (Å²) in [5, 5.41) is 4.22. The van der Waals surface area contributed by atoms with Gasteiger partial charge in [0.2, 0.25) is 0 Å². The fourth-order valence-corrected chi connectivity index (χ4v) is 2.25. The summed E-state index contributed by atoms with van der Waals surface area (Å²) >= 11 is 0.